The highest BCUT2D eigenvalue weighted by Gasteiger charge is 2.16. The number of anilines is 2. The molecular formula is C25H23FN6O. The van der Waals surface area contributed by atoms with E-state index in [-0.39, 0.29) is 19.0 Å². The van der Waals surface area contributed by atoms with E-state index in [1.54, 1.807) is 18.5 Å². The van der Waals surface area contributed by atoms with Gasteiger partial charge in [0.2, 0.25) is 0 Å². The topological polar surface area (TPSA) is 93.4 Å². The normalized spacial score (nSPS) is 11.3. The molecule has 2 aromatic carbocycles. The smallest absolute Gasteiger partial charge is 0.161 e. The number of aliphatic hydroxyl groups is 1. The summed E-state index contributed by atoms with van der Waals surface area (Å²) in [5, 5.41) is 13.4. The lowest BCUT2D eigenvalue weighted by Crippen LogP contribution is -2.03. The molecule has 7 nitrogen and oxygen atoms in total. The van der Waals surface area contributed by atoms with Crippen LogP contribution in [0.2, 0.25) is 0 Å². The number of nitrogens with two attached hydrogens (primary N) is 1. The fourth-order valence-electron chi connectivity index (χ4n) is 4.00. The first-order chi connectivity index (χ1) is 16.1. The minimum Gasteiger partial charge on any atom is -0.392 e. The Morgan fingerprint density at radius 3 is 2.64 bits per heavy atom. The molecule has 8 heteroatoms. The largest absolute Gasteiger partial charge is 0.392 e. The summed E-state index contributed by atoms with van der Waals surface area (Å²) in [5.74, 6) is -0.298. The first-order valence-electron chi connectivity index (χ1n) is 10.5. The van der Waals surface area contributed by atoms with Gasteiger partial charge in [-0.15, -0.1) is 0 Å². The highest BCUT2D eigenvalue weighted by molar-refractivity contribution is 5.78. The predicted octanol–water partition coefficient (Wildman–Crippen LogP) is 4.33. The predicted molar refractivity (Wildman–Crippen MR) is 126 cm³/mol. The van der Waals surface area contributed by atoms with Gasteiger partial charge in [-0.25, -0.2) is 14.4 Å². The van der Waals surface area contributed by atoms with Crippen LogP contribution >= 0.6 is 0 Å². The number of benzene rings is 2. The van der Waals surface area contributed by atoms with Crippen molar-refractivity contribution in [1.82, 2.24) is 18.9 Å². The quantitative estimate of drug-likeness (QED) is 0.364. The summed E-state index contributed by atoms with van der Waals surface area (Å²) in [5.41, 5.74) is 13.2. The van der Waals surface area contributed by atoms with Crippen molar-refractivity contribution in [3.8, 4) is 16.9 Å². The Balaban J connectivity index is 1.55. The van der Waals surface area contributed by atoms with Crippen LogP contribution in [-0.2, 0) is 13.2 Å². The lowest BCUT2D eigenvalue weighted by atomic mass is 10.1. The van der Waals surface area contributed by atoms with Crippen molar-refractivity contribution in [3.05, 3.63) is 96.1 Å². The molecule has 0 atom stereocenters. The Kier molecular flexibility index (Phi) is 5.37. The van der Waals surface area contributed by atoms with E-state index in [1.165, 1.54) is 12.1 Å². The molecule has 0 spiro atoms. The van der Waals surface area contributed by atoms with E-state index in [9.17, 15) is 9.50 Å². The number of hydrogen-bond acceptors (Lipinski definition) is 5. The van der Waals surface area contributed by atoms with Crippen LogP contribution in [0, 0.1) is 12.7 Å². The number of aliphatic hydroxyl groups excluding tert-OH is 1. The maximum Gasteiger partial charge on any atom is 0.161 e. The van der Waals surface area contributed by atoms with E-state index in [0.29, 0.717) is 11.3 Å². The molecule has 0 aliphatic heterocycles. The SMILES string of the molecule is Cc1cn(-c2ccc(Nc3cccn4c(CN)c(-c5ccc(F)cc5)nc34)cc2CO)cn1. The van der Waals surface area contributed by atoms with Crippen molar-refractivity contribution in [1.29, 1.82) is 0 Å². The van der Waals surface area contributed by atoms with Gasteiger partial charge >= 0.3 is 0 Å². The molecule has 0 unspecified atom stereocenters. The van der Waals surface area contributed by atoms with Gasteiger partial charge in [0.15, 0.2) is 5.65 Å². The number of hydrogen-bond donors (Lipinski definition) is 3. The molecule has 3 aromatic heterocycles. The van der Waals surface area contributed by atoms with Crippen LogP contribution in [0.1, 0.15) is 17.0 Å². The maximum atomic E-state index is 13.4. The minimum absolute atomic E-state index is 0.109. The number of imidazole rings is 2. The standard InChI is InChI=1S/C25H23FN6O/c1-16-13-31(15-28-16)22-9-8-20(11-18(22)14-33)29-21-3-2-10-32-23(12-27)24(30-25(21)32)17-4-6-19(26)7-5-17/h2-11,13,15,29,33H,12,14,27H2,1H3. The number of rotatable bonds is 6. The number of aryl methyl sites for hydroxylation is 1. The lowest BCUT2D eigenvalue weighted by molar-refractivity contribution is 0.281. The van der Waals surface area contributed by atoms with Crippen LogP contribution in [-0.4, -0.2) is 24.0 Å². The van der Waals surface area contributed by atoms with Gasteiger partial charge in [0.1, 0.15) is 5.82 Å². The Labute approximate surface area is 190 Å². The van der Waals surface area contributed by atoms with Crippen molar-refractivity contribution >= 4 is 17.0 Å². The molecule has 0 aliphatic rings. The van der Waals surface area contributed by atoms with Crippen LogP contribution in [0.15, 0.2) is 73.3 Å². The lowest BCUT2D eigenvalue weighted by Gasteiger charge is -2.13. The first-order valence-corrected chi connectivity index (χ1v) is 10.5. The van der Waals surface area contributed by atoms with Crippen LogP contribution in [0.5, 0.6) is 0 Å². The molecular weight excluding hydrogens is 419 g/mol. The summed E-state index contributed by atoms with van der Waals surface area (Å²) in [7, 11) is 0. The monoisotopic (exact) mass is 442 g/mol. The van der Waals surface area contributed by atoms with E-state index in [0.717, 1.165) is 39.6 Å². The zero-order valence-electron chi connectivity index (χ0n) is 18.0. The number of fused-ring (bicyclic) bond motifs is 1. The number of nitrogens with zero attached hydrogens (tertiary/aromatic N) is 4. The molecule has 0 saturated heterocycles. The number of aromatic nitrogens is 4. The summed E-state index contributed by atoms with van der Waals surface area (Å²) < 4.78 is 17.2. The second-order valence-electron chi connectivity index (χ2n) is 7.78. The molecule has 0 bridgehead atoms. The average Bonchev–Trinajstić information content (AvgIpc) is 3.43. The van der Waals surface area contributed by atoms with Crippen LogP contribution in [0.25, 0.3) is 22.6 Å². The van der Waals surface area contributed by atoms with Crippen LogP contribution in [0.4, 0.5) is 15.8 Å². The summed E-state index contributed by atoms with van der Waals surface area (Å²) in [6, 6.07) is 15.9. The van der Waals surface area contributed by atoms with E-state index in [1.807, 2.05) is 58.6 Å². The molecule has 0 amide bonds. The molecule has 5 rings (SSSR count). The van der Waals surface area contributed by atoms with Gasteiger partial charge in [-0.1, -0.05) is 0 Å². The van der Waals surface area contributed by atoms with Gasteiger partial charge in [-0.3, -0.25) is 0 Å². The Hall–Kier alpha value is -4.01. The Bertz CT molecular complexity index is 1440. The molecule has 0 radical (unpaired) electrons. The van der Waals surface area contributed by atoms with Gasteiger partial charge in [0, 0.05) is 35.8 Å². The van der Waals surface area contributed by atoms with E-state index >= 15 is 0 Å². The number of nitrogens with one attached hydrogen (secondary N) is 1. The fraction of sp³-hybridized carbons (Fsp3) is 0.120. The van der Waals surface area contributed by atoms with Crippen LogP contribution < -0.4 is 11.1 Å². The summed E-state index contributed by atoms with van der Waals surface area (Å²) in [6.07, 6.45) is 5.55. The van der Waals surface area contributed by atoms with Gasteiger partial charge < -0.3 is 25.1 Å². The minimum atomic E-state index is -0.298. The highest BCUT2D eigenvalue weighted by Crippen LogP contribution is 2.30. The Morgan fingerprint density at radius 1 is 1.12 bits per heavy atom. The fourth-order valence-corrected chi connectivity index (χ4v) is 4.00. The summed E-state index contributed by atoms with van der Waals surface area (Å²) in [4.78, 5) is 9.09. The highest BCUT2D eigenvalue weighted by atomic mass is 19.1. The summed E-state index contributed by atoms with van der Waals surface area (Å²) in [6.45, 7) is 2.10. The third-order valence-corrected chi connectivity index (χ3v) is 5.58. The second-order valence-corrected chi connectivity index (χ2v) is 7.78. The van der Waals surface area contributed by atoms with Gasteiger partial charge in [-0.2, -0.15) is 0 Å². The third-order valence-electron chi connectivity index (χ3n) is 5.58. The second kappa shape index (κ2) is 8.50. The third kappa shape index (κ3) is 3.86. The van der Waals surface area contributed by atoms with Gasteiger partial charge in [-0.05, 0) is 61.5 Å². The molecule has 33 heavy (non-hydrogen) atoms. The van der Waals surface area contributed by atoms with Gasteiger partial charge in [0.25, 0.3) is 0 Å². The van der Waals surface area contributed by atoms with Crippen molar-refractivity contribution in [2.45, 2.75) is 20.1 Å². The average molecular weight is 442 g/mol. The van der Waals surface area contributed by atoms with E-state index < -0.39 is 0 Å². The zero-order chi connectivity index (χ0) is 22.9. The number of halogens is 1. The molecule has 0 aliphatic carbocycles. The molecule has 0 saturated carbocycles. The molecule has 3 heterocycles. The van der Waals surface area contributed by atoms with E-state index in [4.69, 9.17) is 10.7 Å². The zero-order valence-corrected chi connectivity index (χ0v) is 18.0. The Morgan fingerprint density at radius 2 is 1.94 bits per heavy atom. The van der Waals surface area contributed by atoms with Crippen LogP contribution in [0.3, 0.4) is 0 Å². The van der Waals surface area contributed by atoms with Crippen molar-refractivity contribution in [3.63, 3.8) is 0 Å². The number of pyridine rings is 1. The maximum absolute atomic E-state index is 13.4. The molecule has 0 fully saturated rings. The van der Waals surface area contributed by atoms with Gasteiger partial charge in [0.05, 0.1) is 41.4 Å². The molecule has 166 valence electrons. The van der Waals surface area contributed by atoms with Crippen molar-refractivity contribution in [2.24, 2.45) is 5.73 Å². The van der Waals surface area contributed by atoms with E-state index in [2.05, 4.69) is 10.3 Å². The summed E-state index contributed by atoms with van der Waals surface area (Å²) >= 11 is 0. The van der Waals surface area contributed by atoms with Crippen molar-refractivity contribution < 1.29 is 9.50 Å². The molecule has 5 aromatic rings. The van der Waals surface area contributed by atoms with Crippen molar-refractivity contribution in [2.75, 3.05) is 5.32 Å². The first kappa shape index (κ1) is 20.9. The molecule has 4 N–H and O–H groups in total.